The summed E-state index contributed by atoms with van der Waals surface area (Å²) in [5.41, 5.74) is 0.928. The number of hydrogen-bond acceptors (Lipinski definition) is 4. The number of aryl methyl sites for hydroxylation is 2. The van der Waals surface area contributed by atoms with E-state index in [2.05, 4.69) is 10.3 Å². The van der Waals surface area contributed by atoms with Gasteiger partial charge in [-0.1, -0.05) is 23.8 Å². The molecule has 3 aromatic carbocycles. The van der Waals surface area contributed by atoms with E-state index in [1.807, 2.05) is 39.0 Å². The number of aromatic amines is 1. The fourth-order valence-electron chi connectivity index (χ4n) is 4.95. The number of pyridine rings is 1. The zero-order valence-corrected chi connectivity index (χ0v) is 23.6. The second-order valence-corrected chi connectivity index (χ2v) is 10.2. The second-order valence-electron chi connectivity index (χ2n) is 10.2. The van der Waals surface area contributed by atoms with Crippen molar-refractivity contribution >= 4 is 16.8 Å². The lowest BCUT2D eigenvalue weighted by molar-refractivity contribution is -0.137. The molecule has 0 atom stereocenters. The number of carbonyl (C=O) groups is 1. The number of H-pyrrole nitrogens is 1. The maximum atomic E-state index is 13.9. The number of nitrogens with one attached hydrogen (secondary N) is 2. The van der Waals surface area contributed by atoms with Crippen molar-refractivity contribution in [2.75, 3.05) is 6.54 Å². The molecular formula is C33H27F3N4O3. The third kappa shape index (κ3) is 6.02. The van der Waals surface area contributed by atoms with Crippen LogP contribution in [0.1, 0.15) is 45.2 Å². The van der Waals surface area contributed by atoms with Gasteiger partial charge in [-0.2, -0.15) is 18.4 Å². The topological polar surface area (TPSA) is 99.9 Å². The van der Waals surface area contributed by atoms with Crippen LogP contribution in [0.15, 0.2) is 77.6 Å². The van der Waals surface area contributed by atoms with Gasteiger partial charge in [-0.05, 0) is 92.1 Å². The average Bonchev–Trinajstić information content (AvgIpc) is 3.39. The van der Waals surface area contributed by atoms with Crippen molar-refractivity contribution < 1.29 is 22.7 Å². The molecule has 0 radical (unpaired) electrons. The third-order valence-electron chi connectivity index (χ3n) is 7.10. The van der Waals surface area contributed by atoms with Gasteiger partial charge in [0.1, 0.15) is 28.8 Å². The minimum Gasteiger partial charge on any atom is -0.457 e. The molecule has 7 nitrogen and oxygen atoms in total. The largest absolute Gasteiger partial charge is 0.457 e. The molecular weight excluding hydrogens is 557 g/mol. The number of alkyl halides is 3. The van der Waals surface area contributed by atoms with Crippen LogP contribution in [-0.2, 0) is 12.7 Å². The number of nitrogens with zero attached hydrogens (tertiary/aromatic N) is 2. The number of hydrogen-bond donors (Lipinski definition) is 2. The van der Waals surface area contributed by atoms with E-state index in [1.165, 1.54) is 10.6 Å². The van der Waals surface area contributed by atoms with E-state index in [4.69, 9.17) is 4.74 Å². The Morgan fingerprint density at radius 1 is 1.00 bits per heavy atom. The number of rotatable bonds is 7. The Morgan fingerprint density at radius 2 is 1.72 bits per heavy atom. The van der Waals surface area contributed by atoms with Crippen molar-refractivity contribution in [3.63, 3.8) is 0 Å². The first-order chi connectivity index (χ1) is 20.5. The fraction of sp³-hybridized carbons (Fsp3) is 0.182. The number of benzene rings is 3. The first kappa shape index (κ1) is 29.2. The normalized spacial score (nSPS) is 11.4. The third-order valence-corrected chi connectivity index (χ3v) is 7.10. The number of fused-ring (bicyclic) bond motifs is 1. The Morgan fingerprint density at radius 3 is 2.37 bits per heavy atom. The van der Waals surface area contributed by atoms with Crippen LogP contribution in [0, 0.1) is 25.2 Å². The van der Waals surface area contributed by atoms with Gasteiger partial charge in [-0.25, -0.2) is 0 Å². The zero-order chi connectivity index (χ0) is 30.9. The van der Waals surface area contributed by atoms with Crippen molar-refractivity contribution in [3.05, 3.63) is 117 Å². The molecule has 0 aliphatic rings. The van der Waals surface area contributed by atoms with Gasteiger partial charge in [0.15, 0.2) is 0 Å². The molecule has 0 aliphatic heterocycles. The average molecular weight is 585 g/mol. The summed E-state index contributed by atoms with van der Waals surface area (Å²) in [6.45, 7) is 6.10. The SMILES string of the molecule is CCNC(=O)c1cc2cc(Oc3ccc(-c4cc(C(F)(F)F)c(C#N)c(=O)n4Cc4ccc(C)cc4C)cc3)ccc2[nH]1. The van der Waals surface area contributed by atoms with Crippen molar-refractivity contribution in [2.45, 2.75) is 33.5 Å². The van der Waals surface area contributed by atoms with Crippen molar-refractivity contribution in [3.8, 4) is 28.8 Å². The molecule has 2 heterocycles. The van der Waals surface area contributed by atoms with E-state index in [9.17, 15) is 28.0 Å². The highest BCUT2D eigenvalue weighted by molar-refractivity contribution is 5.98. The molecule has 0 aliphatic carbocycles. The summed E-state index contributed by atoms with van der Waals surface area (Å²) in [6.07, 6.45) is -4.89. The molecule has 0 unspecified atom stereocenters. The number of carbonyl (C=O) groups excluding carboxylic acids is 1. The van der Waals surface area contributed by atoms with E-state index in [-0.39, 0.29) is 18.1 Å². The molecule has 1 amide bonds. The van der Waals surface area contributed by atoms with Gasteiger partial charge in [0, 0.05) is 17.4 Å². The minimum atomic E-state index is -4.89. The molecule has 218 valence electrons. The van der Waals surface area contributed by atoms with Gasteiger partial charge < -0.3 is 19.6 Å². The van der Waals surface area contributed by atoms with Crippen LogP contribution in [0.2, 0.25) is 0 Å². The molecule has 0 saturated heterocycles. The molecule has 10 heteroatoms. The number of halogens is 3. The number of amides is 1. The van der Waals surface area contributed by atoms with Crippen LogP contribution in [0.4, 0.5) is 13.2 Å². The number of nitriles is 1. The summed E-state index contributed by atoms with van der Waals surface area (Å²) in [5.74, 6) is 0.686. The Balaban J connectivity index is 1.51. The van der Waals surface area contributed by atoms with E-state index < -0.39 is 22.9 Å². The highest BCUT2D eigenvalue weighted by Gasteiger charge is 2.36. The van der Waals surface area contributed by atoms with E-state index >= 15 is 0 Å². The Hall–Kier alpha value is -5.30. The van der Waals surface area contributed by atoms with Crippen LogP contribution in [0.5, 0.6) is 11.5 Å². The molecule has 2 N–H and O–H groups in total. The molecule has 0 fully saturated rings. The van der Waals surface area contributed by atoms with E-state index in [1.54, 1.807) is 48.5 Å². The van der Waals surface area contributed by atoms with Gasteiger partial charge in [0.25, 0.3) is 11.5 Å². The molecule has 0 spiro atoms. The minimum absolute atomic E-state index is 0.0136. The summed E-state index contributed by atoms with van der Waals surface area (Å²) in [5, 5.41) is 13.0. The summed E-state index contributed by atoms with van der Waals surface area (Å²) in [7, 11) is 0. The lowest BCUT2D eigenvalue weighted by Crippen LogP contribution is -2.29. The summed E-state index contributed by atoms with van der Waals surface area (Å²) in [6, 6.07) is 21.2. The zero-order valence-electron chi connectivity index (χ0n) is 23.6. The lowest BCUT2D eigenvalue weighted by Gasteiger charge is -2.19. The Kier molecular flexibility index (Phi) is 7.83. The van der Waals surface area contributed by atoms with Crippen LogP contribution >= 0.6 is 0 Å². The molecule has 0 saturated carbocycles. The monoisotopic (exact) mass is 584 g/mol. The Labute approximate surface area is 245 Å². The van der Waals surface area contributed by atoms with Gasteiger partial charge >= 0.3 is 6.18 Å². The second kappa shape index (κ2) is 11.5. The maximum Gasteiger partial charge on any atom is 0.417 e. The van der Waals surface area contributed by atoms with E-state index in [0.29, 0.717) is 29.3 Å². The first-order valence-corrected chi connectivity index (χ1v) is 13.5. The van der Waals surface area contributed by atoms with Gasteiger partial charge in [-0.15, -0.1) is 0 Å². The van der Waals surface area contributed by atoms with Crippen LogP contribution < -0.4 is 15.6 Å². The van der Waals surface area contributed by atoms with Crippen LogP contribution in [0.3, 0.4) is 0 Å². The Bertz CT molecular complexity index is 1950. The van der Waals surface area contributed by atoms with Crippen LogP contribution in [0.25, 0.3) is 22.2 Å². The number of ether oxygens (including phenoxy) is 1. The lowest BCUT2D eigenvalue weighted by atomic mass is 10.0. The van der Waals surface area contributed by atoms with Crippen molar-refractivity contribution in [2.24, 2.45) is 0 Å². The van der Waals surface area contributed by atoms with E-state index in [0.717, 1.165) is 33.7 Å². The van der Waals surface area contributed by atoms with Crippen molar-refractivity contribution in [1.29, 1.82) is 5.26 Å². The van der Waals surface area contributed by atoms with Gasteiger partial charge in [0.2, 0.25) is 0 Å². The summed E-state index contributed by atoms with van der Waals surface area (Å²) >= 11 is 0. The smallest absolute Gasteiger partial charge is 0.417 e. The molecule has 2 aromatic heterocycles. The highest BCUT2D eigenvalue weighted by atomic mass is 19.4. The quantitative estimate of drug-likeness (QED) is 0.213. The van der Waals surface area contributed by atoms with Gasteiger partial charge in [0.05, 0.1) is 17.8 Å². The predicted octanol–water partition coefficient (Wildman–Crippen LogP) is 7.09. The van der Waals surface area contributed by atoms with Crippen LogP contribution in [-0.4, -0.2) is 22.0 Å². The number of aromatic nitrogens is 2. The summed E-state index contributed by atoms with van der Waals surface area (Å²) < 4.78 is 49.0. The first-order valence-electron chi connectivity index (χ1n) is 13.5. The van der Waals surface area contributed by atoms with Gasteiger partial charge in [-0.3, -0.25) is 9.59 Å². The molecule has 0 bridgehead atoms. The maximum absolute atomic E-state index is 13.9. The summed E-state index contributed by atoms with van der Waals surface area (Å²) in [4.78, 5) is 28.5. The molecule has 43 heavy (non-hydrogen) atoms. The predicted molar refractivity (Wildman–Crippen MR) is 157 cm³/mol. The standard InChI is InChI=1S/C33H27F3N4O3/c1-4-38-31(41)29-15-23-14-25(11-12-28(23)39-29)43-24-9-7-21(8-10-24)30-16-27(33(34,35)36)26(17-37)32(42)40(30)18-22-6-5-19(2)13-20(22)3/h5-16,39H,4,18H2,1-3H3,(H,38,41). The fourth-order valence-corrected chi connectivity index (χ4v) is 4.95. The van der Waals surface area contributed by atoms with Crippen molar-refractivity contribution in [1.82, 2.24) is 14.9 Å². The molecule has 5 aromatic rings. The highest BCUT2D eigenvalue weighted by Crippen LogP contribution is 2.35. The molecule has 5 rings (SSSR count).